The summed E-state index contributed by atoms with van der Waals surface area (Å²) in [6.45, 7) is 1.14. The highest BCUT2D eigenvalue weighted by atomic mass is 35.5. The number of sulfonamides is 1. The molecule has 3 rings (SSSR count). The Labute approximate surface area is 126 Å². The molecule has 0 amide bonds. The van der Waals surface area contributed by atoms with Crippen molar-refractivity contribution in [3.63, 3.8) is 0 Å². The number of aromatic nitrogens is 1. The largest absolute Gasteiger partial charge is 0.486 e. The lowest BCUT2D eigenvalue weighted by Gasteiger charge is -2.14. The second-order valence-corrected chi connectivity index (χ2v) is 6.66. The molecule has 2 N–H and O–H groups in total. The van der Waals surface area contributed by atoms with Crippen LogP contribution in [0, 0.1) is 0 Å². The van der Waals surface area contributed by atoms with E-state index < -0.39 is 10.0 Å². The number of primary sulfonamides is 1. The molecular formula is C13H13ClN2O4S. The van der Waals surface area contributed by atoms with Crippen LogP contribution in [-0.2, 0) is 14.8 Å². The van der Waals surface area contributed by atoms with Crippen LogP contribution in [0.2, 0.25) is 5.15 Å². The van der Waals surface area contributed by atoms with Crippen molar-refractivity contribution in [3.8, 4) is 5.75 Å². The van der Waals surface area contributed by atoms with Gasteiger partial charge in [-0.1, -0.05) is 11.6 Å². The summed E-state index contributed by atoms with van der Waals surface area (Å²) in [6.07, 6.45) is 0.702. The number of pyridine rings is 1. The lowest BCUT2D eigenvalue weighted by Crippen LogP contribution is -2.17. The number of rotatable bonds is 3. The molecule has 0 aliphatic carbocycles. The summed E-state index contributed by atoms with van der Waals surface area (Å²) in [7, 11) is -3.85. The summed E-state index contributed by atoms with van der Waals surface area (Å²) in [5.74, 6) is 0.468. The highest BCUT2D eigenvalue weighted by Gasteiger charge is 2.21. The molecule has 0 bridgehead atoms. The fourth-order valence-corrected chi connectivity index (χ4v) is 3.15. The smallest absolute Gasteiger partial charge is 0.238 e. The first-order valence-electron chi connectivity index (χ1n) is 6.31. The number of nitrogens with zero attached hydrogens (tertiary/aromatic N) is 1. The summed E-state index contributed by atoms with van der Waals surface area (Å²) < 4.78 is 34.4. The SMILES string of the molecule is NS(=O)(=O)c1ccc(OC2CCOC2)c2nc(Cl)ccc12. The normalized spacial score (nSPS) is 19.0. The van der Waals surface area contributed by atoms with Gasteiger partial charge in [0.2, 0.25) is 10.0 Å². The molecule has 112 valence electrons. The van der Waals surface area contributed by atoms with E-state index in [-0.39, 0.29) is 16.2 Å². The summed E-state index contributed by atoms with van der Waals surface area (Å²) in [5.41, 5.74) is 0.376. The first-order chi connectivity index (χ1) is 9.95. The molecule has 1 fully saturated rings. The van der Waals surface area contributed by atoms with Gasteiger partial charge in [0.15, 0.2) is 0 Å². The minimum Gasteiger partial charge on any atom is -0.486 e. The van der Waals surface area contributed by atoms with E-state index in [0.29, 0.717) is 29.9 Å². The topological polar surface area (TPSA) is 91.5 Å². The molecule has 1 saturated heterocycles. The van der Waals surface area contributed by atoms with Gasteiger partial charge in [-0.2, -0.15) is 0 Å². The van der Waals surface area contributed by atoms with Crippen LogP contribution in [0.1, 0.15) is 6.42 Å². The Morgan fingerprint density at radius 3 is 2.81 bits per heavy atom. The van der Waals surface area contributed by atoms with Gasteiger partial charge in [-0.15, -0.1) is 0 Å². The standard InChI is InChI=1S/C13H13ClN2O4S/c14-12-4-1-9-11(21(15,17)18)3-2-10(13(9)16-12)20-8-5-6-19-7-8/h1-4,8H,5-7H2,(H2,15,17,18). The summed E-state index contributed by atoms with van der Waals surface area (Å²) >= 11 is 5.90. The Hall–Kier alpha value is -1.41. The number of halogens is 1. The molecule has 0 spiro atoms. The Morgan fingerprint density at radius 2 is 2.14 bits per heavy atom. The van der Waals surface area contributed by atoms with Gasteiger partial charge in [0.25, 0.3) is 0 Å². The minimum absolute atomic E-state index is 0.00307. The number of hydrogen-bond donors (Lipinski definition) is 1. The average molecular weight is 329 g/mol. The highest BCUT2D eigenvalue weighted by Crippen LogP contribution is 2.31. The van der Waals surface area contributed by atoms with Gasteiger partial charge in [-0.3, -0.25) is 0 Å². The van der Waals surface area contributed by atoms with Gasteiger partial charge in [0.1, 0.15) is 22.5 Å². The third-order valence-electron chi connectivity index (χ3n) is 3.23. The van der Waals surface area contributed by atoms with Crippen LogP contribution in [0.3, 0.4) is 0 Å². The molecule has 2 heterocycles. The van der Waals surface area contributed by atoms with E-state index in [0.717, 1.165) is 6.42 Å². The maximum Gasteiger partial charge on any atom is 0.238 e. The van der Waals surface area contributed by atoms with Gasteiger partial charge >= 0.3 is 0 Å². The van der Waals surface area contributed by atoms with Gasteiger partial charge in [-0.05, 0) is 24.3 Å². The zero-order valence-electron chi connectivity index (χ0n) is 11.0. The van der Waals surface area contributed by atoms with E-state index in [9.17, 15) is 8.42 Å². The third kappa shape index (κ3) is 2.96. The lowest BCUT2D eigenvalue weighted by molar-refractivity contribution is 0.142. The summed E-state index contributed by atoms with van der Waals surface area (Å²) in [4.78, 5) is 4.17. The molecule has 0 saturated carbocycles. The van der Waals surface area contributed by atoms with E-state index >= 15 is 0 Å². The molecule has 0 radical (unpaired) electrons. The van der Waals surface area contributed by atoms with Crippen molar-refractivity contribution in [2.75, 3.05) is 13.2 Å². The molecule has 1 atom stereocenters. The molecule has 6 nitrogen and oxygen atoms in total. The fraction of sp³-hybridized carbons (Fsp3) is 0.308. The molecule has 1 unspecified atom stereocenters. The summed E-state index contributed by atoms with van der Waals surface area (Å²) in [5, 5.41) is 5.86. The van der Waals surface area contributed by atoms with Crippen LogP contribution in [0.4, 0.5) is 0 Å². The summed E-state index contributed by atoms with van der Waals surface area (Å²) in [6, 6.07) is 6.05. The van der Waals surface area contributed by atoms with Gasteiger partial charge in [-0.25, -0.2) is 18.5 Å². The molecule has 2 aromatic rings. The van der Waals surface area contributed by atoms with Gasteiger partial charge in [0.05, 0.1) is 18.1 Å². The Kier molecular flexibility index (Phi) is 3.75. The van der Waals surface area contributed by atoms with Crippen molar-refractivity contribution >= 4 is 32.5 Å². The zero-order chi connectivity index (χ0) is 15.0. The van der Waals surface area contributed by atoms with Crippen LogP contribution in [0.5, 0.6) is 5.75 Å². The molecule has 21 heavy (non-hydrogen) atoms. The Morgan fingerprint density at radius 1 is 1.33 bits per heavy atom. The second kappa shape index (κ2) is 5.42. The molecule has 1 aliphatic rings. The first kappa shape index (κ1) is 14.5. The van der Waals surface area contributed by atoms with Crippen molar-refractivity contribution in [2.24, 2.45) is 5.14 Å². The molecule has 8 heteroatoms. The van der Waals surface area contributed by atoms with E-state index in [1.54, 1.807) is 12.1 Å². The van der Waals surface area contributed by atoms with Crippen molar-refractivity contribution in [3.05, 3.63) is 29.4 Å². The maximum atomic E-state index is 11.6. The van der Waals surface area contributed by atoms with Crippen LogP contribution in [0.15, 0.2) is 29.2 Å². The second-order valence-electron chi connectivity index (χ2n) is 4.74. The van der Waals surface area contributed by atoms with Crippen molar-refractivity contribution < 1.29 is 17.9 Å². The van der Waals surface area contributed by atoms with Crippen molar-refractivity contribution in [1.29, 1.82) is 0 Å². The van der Waals surface area contributed by atoms with Gasteiger partial charge < -0.3 is 9.47 Å². The van der Waals surface area contributed by atoms with Crippen molar-refractivity contribution in [1.82, 2.24) is 4.98 Å². The predicted octanol–water partition coefficient (Wildman–Crippen LogP) is 1.70. The monoisotopic (exact) mass is 328 g/mol. The molecule has 1 aromatic carbocycles. The number of nitrogens with two attached hydrogens (primary N) is 1. The van der Waals surface area contributed by atoms with E-state index in [1.807, 2.05) is 0 Å². The van der Waals surface area contributed by atoms with E-state index in [1.165, 1.54) is 12.1 Å². The number of ether oxygens (including phenoxy) is 2. The van der Waals surface area contributed by atoms with Crippen molar-refractivity contribution in [2.45, 2.75) is 17.4 Å². The highest BCUT2D eigenvalue weighted by molar-refractivity contribution is 7.89. The number of hydrogen-bond acceptors (Lipinski definition) is 5. The predicted molar refractivity (Wildman–Crippen MR) is 78.0 cm³/mol. The average Bonchev–Trinajstić information content (AvgIpc) is 2.91. The minimum atomic E-state index is -3.85. The van der Waals surface area contributed by atoms with Crippen LogP contribution < -0.4 is 9.88 Å². The molecule has 1 aromatic heterocycles. The van der Waals surface area contributed by atoms with E-state index in [2.05, 4.69) is 4.98 Å². The quantitative estimate of drug-likeness (QED) is 0.866. The molecule has 1 aliphatic heterocycles. The first-order valence-corrected chi connectivity index (χ1v) is 8.24. The number of fused-ring (bicyclic) bond motifs is 1. The van der Waals surface area contributed by atoms with Gasteiger partial charge in [0, 0.05) is 11.8 Å². The van der Waals surface area contributed by atoms with Crippen LogP contribution in [-0.4, -0.2) is 32.7 Å². The van der Waals surface area contributed by atoms with E-state index in [4.69, 9.17) is 26.2 Å². The fourth-order valence-electron chi connectivity index (χ4n) is 2.27. The van der Waals surface area contributed by atoms with Crippen LogP contribution >= 0.6 is 11.6 Å². The van der Waals surface area contributed by atoms with Crippen LogP contribution in [0.25, 0.3) is 10.9 Å². The Balaban J connectivity index is 2.15. The lowest BCUT2D eigenvalue weighted by atomic mass is 10.2. The maximum absolute atomic E-state index is 11.6. The number of benzene rings is 1. The Bertz CT molecular complexity index is 788. The third-order valence-corrected chi connectivity index (χ3v) is 4.41. The zero-order valence-corrected chi connectivity index (χ0v) is 12.5. The molecular weight excluding hydrogens is 316 g/mol.